The summed E-state index contributed by atoms with van der Waals surface area (Å²) >= 11 is 0. The summed E-state index contributed by atoms with van der Waals surface area (Å²) in [7, 11) is 0. The second kappa shape index (κ2) is 5.24. The second-order valence-electron chi connectivity index (χ2n) is 5.64. The quantitative estimate of drug-likeness (QED) is 0.909. The molecule has 0 spiro atoms. The molecule has 0 aromatic heterocycles. The molecule has 2 aromatic rings. The maximum absolute atomic E-state index is 11.4. The maximum Gasteiger partial charge on any atom is 0.314 e. The van der Waals surface area contributed by atoms with Gasteiger partial charge in [-0.15, -0.1) is 0 Å². The fourth-order valence-corrected chi connectivity index (χ4v) is 2.60. The Hall–Kier alpha value is -2.29. The van der Waals surface area contributed by atoms with Crippen molar-refractivity contribution in [2.24, 2.45) is 0 Å². The van der Waals surface area contributed by atoms with Crippen molar-refractivity contribution >= 4 is 5.97 Å². The van der Waals surface area contributed by atoms with Gasteiger partial charge in [0.1, 0.15) is 12.4 Å². The molecule has 3 rings (SSSR count). The van der Waals surface area contributed by atoms with Crippen LogP contribution < -0.4 is 4.74 Å². The van der Waals surface area contributed by atoms with Crippen LogP contribution >= 0.6 is 0 Å². The number of hydrogen-bond acceptors (Lipinski definition) is 2. The van der Waals surface area contributed by atoms with Gasteiger partial charge in [-0.3, -0.25) is 4.79 Å². The highest BCUT2D eigenvalue weighted by molar-refractivity contribution is 5.85. The molecular weight excluding hydrogens is 264 g/mol. The van der Waals surface area contributed by atoms with Crippen LogP contribution in [0.4, 0.5) is 0 Å². The van der Waals surface area contributed by atoms with E-state index in [2.05, 4.69) is 0 Å². The predicted octanol–water partition coefficient (Wildman–Crippen LogP) is 3.69. The average Bonchev–Trinajstić information content (AvgIpc) is 3.29. The summed E-state index contributed by atoms with van der Waals surface area (Å²) in [4.78, 5) is 11.4. The smallest absolute Gasteiger partial charge is 0.314 e. The number of carboxylic acid groups (broad SMARTS) is 1. The lowest BCUT2D eigenvalue weighted by Crippen LogP contribution is -2.19. The molecule has 0 saturated heterocycles. The van der Waals surface area contributed by atoms with Crippen LogP contribution in [0.1, 0.15) is 29.5 Å². The zero-order valence-electron chi connectivity index (χ0n) is 12.0. The lowest BCUT2D eigenvalue weighted by Gasteiger charge is -2.14. The standard InChI is InChI=1S/C18H18O3/c1-13-11-15(18(9-10-18)17(19)20)7-8-16(13)21-12-14-5-3-2-4-6-14/h2-8,11H,9-10,12H2,1H3,(H,19,20). The third-order valence-electron chi connectivity index (χ3n) is 4.12. The lowest BCUT2D eigenvalue weighted by molar-refractivity contribution is -0.140. The highest BCUT2D eigenvalue weighted by Gasteiger charge is 2.51. The van der Waals surface area contributed by atoms with E-state index >= 15 is 0 Å². The zero-order valence-corrected chi connectivity index (χ0v) is 12.0. The molecule has 1 saturated carbocycles. The maximum atomic E-state index is 11.4. The molecule has 0 bridgehead atoms. The van der Waals surface area contributed by atoms with E-state index in [4.69, 9.17) is 4.74 Å². The Morgan fingerprint density at radius 1 is 1.19 bits per heavy atom. The molecule has 0 atom stereocenters. The van der Waals surface area contributed by atoms with E-state index in [1.54, 1.807) is 0 Å². The van der Waals surface area contributed by atoms with Crippen molar-refractivity contribution in [1.82, 2.24) is 0 Å². The second-order valence-corrected chi connectivity index (χ2v) is 5.64. The Morgan fingerprint density at radius 3 is 2.48 bits per heavy atom. The Balaban J connectivity index is 1.75. The van der Waals surface area contributed by atoms with Gasteiger partial charge in [0, 0.05) is 0 Å². The van der Waals surface area contributed by atoms with Crippen molar-refractivity contribution in [3.8, 4) is 5.75 Å². The van der Waals surface area contributed by atoms with Crippen LogP contribution in [0.25, 0.3) is 0 Å². The molecule has 1 aliphatic rings. The number of hydrogen-bond donors (Lipinski definition) is 1. The summed E-state index contributed by atoms with van der Waals surface area (Å²) in [5.41, 5.74) is 2.34. The van der Waals surface area contributed by atoms with Gasteiger partial charge in [-0.1, -0.05) is 42.5 Å². The number of aliphatic carboxylic acids is 1. The zero-order chi connectivity index (χ0) is 14.9. The van der Waals surface area contributed by atoms with Crippen molar-refractivity contribution in [3.05, 3.63) is 65.2 Å². The fourth-order valence-electron chi connectivity index (χ4n) is 2.60. The average molecular weight is 282 g/mol. The molecule has 21 heavy (non-hydrogen) atoms. The van der Waals surface area contributed by atoms with E-state index in [9.17, 15) is 9.90 Å². The van der Waals surface area contributed by atoms with Gasteiger partial charge in [0.25, 0.3) is 0 Å². The topological polar surface area (TPSA) is 46.5 Å². The van der Waals surface area contributed by atoms with Gasteiger partial charge >= 0.3 is 5.97 Å². The van der Waals surface area contributed by atoms with Gasteiger partial charge in [-0.2, -0.15) is 0 Å². The molecule has 108 valence electrons. The van der Waals surface area contributed by atoms with Crippen molar-refractivity contribution in [2.75, 3.05) is 0 Å². The number of ether oxygens (including phenoxy) is 1. The molecular formula is C18H18O3. The number of carboxylic acids is 1. The monoisotopic (exact) mass is 282 g/mol. The Kier molecular flexibility index (Phi) is 3.42. The molecule has 2 aromatic carbocycles. The van der Waals surface area contributed by atoms with Crippen LogP contribution in [0, 0.1) is 6.92 Å². The summed E-state index contributed by atoms with van der Waals surface area (Å²) < 4.78 is 5.82. The SMILES string of the molecule is Cc1cc(C2(C(=O)O)CC2)ccc1OCc1ccccc1. The first-order chi connectivity index (χ1) is 10.1. The summed E-state index contributed by atoms with van der Waals surface area (Å²) in [6, 6.07) is 15.7. The Morgan fingerprint density at radius 2 is 1.90 bits per heavy atom. The Bertz CT molecular complexity index is 657. The first-order valence-electron chi connectivity index (χ1n) is 7.13. The highest BCUT2D eigenvalue weighted by atomic mass is 16.5. The number of benzene rings is 2. The molecule has 1 fully saturated rings. The van der Waals surface area contributed by atoms with Gasteiger partial charge in [0.15, 0.2) is 0 Å². The first kappa shape index (κ1) is 13.7. The van der Waals surface area contributed by atoms with Gasteiger partial charge in [0.2, 0.25) is 0 Å². The largest absolute Gasteiger partial charge is 0.489 e. The number of aryl methyl sites for hydroxylation is 1. The van der Waals surface area contributed by atoms with Gasteiger partial charge < -0.3 is 9.84 Å². The van der Waals surface area contributed by atoms with Crippen LogP contribution in [0.3, 0.4) is 0 Å². The predicted molar refractivity (Wildman–Crippen MR) is 80.5 cm³/mol. The van der Waals surface area contributed by atoms with Crippen LogP contribution in [0.5, 0.6) is 5.75 Å². The molecule has 0 amide bonds. The Labute approximate surface area is 124 Å². The summed E-state index contributed by atoms with van der Waals surface area (Å²) in [5.74, 6) is 0.0867. The van der Waals surface area contributed by atoms with E-state index in [0.29, 0.717) is 6.61 Å². The van der Waals surface area contributed by atoms with Crippen LogP contribution in [0.15, 0.2) is 48.5 Å². The first-order valence-corrected chi connectivity index (χ1v) is 7.13. The molecule has 1 N–H and O–H groups in total. The molecule has 0 radical (unpaired) electrons. The third kappa shape index (κ3) is 2.64. The lowest BCUT2D eigenvalue weighted by atomic mass is 9.94. The van der Waals surface area contributed by atoms with E-state index in [-0.39, 0.29) is 0 Å². The molecule has 1 aliphatic carbocycles. The minimum absolute atomic E-state index is 0.519. The van der Waals surface area contributed by atoms with E-state index in [0.717, 1.165) is 35.3 Å². The summed E-state index contributed by atoms with van der Waals surface area (Å²) in [6.07, 6.45) is 1.46. The summed E-state index contributed by atoms with van der Waals surface area (Å²) in [5, 5.41) is 9.34. The normalized spacial score (nSPS) is 15.5. The van der Waals surface area contributed by atoms with Gasteiger partial charge in [0.05, 0.1) is 5.41 Å². The van der Waals surface area contributed by atoms with E-state index in [1.165, 1.54) is 0 Å². The van der Waals surface area contributed by atoms with Crippen molar-refractivity contribution < 1.29 is 14.6 Å². The van der Waals surface area contributed by atoms with Crippen molar-refractivity contribution in [2.45, 2.75) is 31.8 Å². The van der Waals surface area contributed by atoms with Crippen LogP contribution in [-0.4, -0.2) is 11.1 Å². The van der Waals surface area contributed by atoms with E-state index in [1.807, 2.05) is 55.5 Å². The molecule has 3 nitrogen and oxygen atoms in total. The third-order valence-corrected chi connectivity index (χ3v) is 4.12. The fraction of sp³-hybridized carbons (Fsp3) is 0.278. The molecule has 3 heteroatoms. The van der Waals surface area contributed by atoms with E-state index < -0.39 is 11.4 Å². The molecule has 0 heterocycles. The van der Waals surface area contributed by atoms with Gasteiger partial charge in [-0.05, 0) is 42.5 Å². The number of rotatable bonds is 5. The van der Waals surface area contributed by atoms with Gasteiger partial charge in [-0.25, -0.2) is 0 Å². The van der Waals surface area contributed by atoms with Crippen LogP contribution in [-0.2, 0) is 16.8 Å². The number of carbonyl (C=O) groups is 1. The van der Waals surface area contributed by atoms with Crippen molar-refractivity contribution in [3.63, 3.8) is 0 Å². The van der Waals surface area contributed by atoms with Crippen LogP contribution in [0.2, 0.25) is 0 Å². The highest BCUT2D eigenvalue weighted by Crippen LogP contribution is 2.49. The minimum atomic E-state index is -0.722. The molecule has 0 unspecified atom stereocenters. The molecule has 0 aliphatic heterocycles. The van der Waals surface area contributed by atoms with Crippen molar-refractivity contribution in [1.29, 1.82) is 0 Å². The minimum Gasteiger partial charge on any atom is -0.489 e. The summed E-state index contributed by atoms with van der Waals surface area (Å²) in [6.45, 7) is 2.48.